The number of benzene rings is 1. The van der Waals surface area contributed by atoms with Gasteiger partial charge in [-0.1, -0.05) is 25.1 Å². The van der Waals surface area contributed by atoms with Crippen LogP contribution in [0.5, 0.6) is 0 Å². The number of esters is 1. The number of fused-ring (bicyclic) bond motifs is 1. The number of urea groups is 1. The van der Waals surface area contributed by atoms with E-state index in [-0.39, 0.29) is 12.0 Å². The lowest BCUT2D eigenvalue weighted by molar-refractivity contribution is 0.0526. The Balaban J connectivity index is 1.84. The van der Waals surface area contributed by atoms with Gasteiger partial charge in [-0.3, -0.25) is 5.32 Å². The molecule has 132 valence electrons. The fraction of sp³-hybridized carbons (Fsp3) is 0.368. The van der Waals surface area contributed by atoms with Gasteiger partial charge >= 0.3 is 12.0 Å². The van der Waals surface area contributed by atoms with Gasteiger partial charge in [0.1, 0.15) is 5.00 Å². The minimum Gasteiger partial charge on any atom is -0.462 e. The fourth-order valence-electron chi connectivity index (χ4n) is 3.04. The number of ether oxygens (including phenoxy) is 1. The van der Waals surface area contributed by atoms with Gasteiger partial charge in [0.2, 0.25) is 0 Å². The van der Waals surface area contributed by atoms with E-state index in [0.717, 1.165) is 24.8 Å². The monoisotopic (exact) mass is 358 g/mol. The molecule has 0 spiro atoms. The van der Waals surface area contributed by atoms with Crippen molar-refractivity contribution in [2.75, 3.05) is 17.2 Å². The maximum atomic E-state index is 12.4. The van der Waals surface area contributed by atoms with Crippen LogP contribution in [0.25, 0.3) is 0 Å². The number of amides is 2. The van der Waals surface area contributed by atoms with Gasteiger partial charge < -0.3 is 10.1 Å². The van der Waals surface area contributed by atoms with Crippen molar-refractivity contribution in [3.05, 3.63) is 46.3 Å². The molecule has 1 aliphatic rings. The minimum absolute atomic E-state index is 0.315. The highest BCUT2D eigenvalue weighted by molar-refractivity contribution is 7.17. The van der Waals surface area contributed by atoms with Gasteiger partial charge in [-0.05, 0) is 49.8 Å². The van der Waals surface area contributed by atoms with E-state index >= 15 is 0 Å². The van der Waals surface area contributed by atoms with Crippen molar-refractivity contribution in [3.8, 4) is 0 Å². The number of carbonyl (C=O) groups excluding carboxylic acids is 2. The summed E-state index contributed by atoms with van der Waals surface area (Å²) in [4.78, 5) is 25.9. The summed E-state index contributed by atoms with van der Waals surface area (Å²) in [6.07, 6.45) is 2.84. The van der Waals surface area contributed by atoms with Gasteiger partial charge in [0.25, 0.3) is 0 Å². The topological polar surface area (TPSA) is 67.4 Å². The van der Waals surface area contributed by atoms with Gasteiger partial charge in [0.15, 0.2) is 0 Å². The predicted octanol–water partition coefficient (Wildman–Crippen LogP) is 4.69. The number of thiophene rings is 1. The zero-order chi connectivity index (χ0) is 17.8. The molecule has 1 aromatic carbocycles. The van der Waals surface area contributed by atoms with Gasteiger partial charge in [0.05, 0.1) is 12.2 Å². The second kappa shape index (κ2) is 7.70. The van der Waals surface area contributed by atoms with Crippen LogP contribution in [0.4, 0.5) is 15.5 Å². The fourth-order valence-corrected chi connectivity index (χ4v) is 4.44. The lowest BCUT2D eigenvalue weighted by Gasteiger charge is -2.18. The third-order valence-electron chi connectivity index (χ3n) is 4.25. The molecule has 1 aliphatic carbocycles. The maximum Gasteiger partial charge on any atom is 0.341 e. The highest BCUT2D eigenvalue weighted by Crippen LogP contribution is 2.40. The quantitative estimate of drug-likeness (QED) is 0.779. The summed E-state index contributed by atoms with van der Waals surface area (Å²) < 4.78 is 5.22. The smallest absolute Gasteiger partial charge is 0.341 e. The Kier molecular flexibility index (Phi) is 5.38. The molecule has 3 rings (SSSR count). The van der Waals surface area contributed by atoms with Crippen molar-refractivity contribution in [2.24, 2.45) is 5.92 Å². The third kappa shape index (κ3) is 4.02. The molecule has 2 amide bonds. The predicted molar refractivity (Wildman–Crippen MR) is 101 cm³/mol. The van der Waals surface area contributed by atoms with Gasteiger partial charge in [-0.25, -0.2) is 9.59 Å². The van der Waals surface area contributed by atoms with Crippen LogP contribution in [0.2, 0.25) is 0 Å². The van der Waals surface area contributed by atoms with Crippen LogP contribution < -0.4 is 10.6 Å². The summed E-state index contributed by atoms with van der Waals surface area (Å²) in [7, 11) is 0. The molecule has 0 bridgehead atoms. The second-order valence-corrected chi connectivity index (χ2v) is 7.33. The molecule has 2 aromatic rings. The molecule has 5 nitrogen and oxygen atoms in total. The first-order valence-corrected chi connectivity index (χ1v) is 9.34. The molecule has 1 heterocycles. The standard InChI is InChI=1S/C19H22N2O3S/c1-3-24-18(22)16-14-10-9-12(2)11-15(14)25-17(16)21-19(23)20-13-7-5-4-6-8-13/h4-8,12H,3,9-11H2,1-2H3,(H2,20,21,23). The zero-order valence-corrected chi connectivity index (χ0v) is 15.2. The van der Waals surface area contributed by atoms with E-state index < -0.39 is 0 Å². The van der Waals surface area contributed by atoms with Gasteiger partial charge in [-0.2, -0.15) is 0 Å². The van der Waals surface area contributed by atoms with E-state index in [1.54, 1.807) is 6.92 Å². The molecule has 1 unspecified atom stereocenters. The molecule has 25 heavy (non-hydrogen) atoms. The van der Waals surface area contributed by atoms with Crippen LogP contribution in [0.1, 0.15) is 41.1 Å². The summed E-state index contributed by atoms with van der Waals surface area (Å²) in [6, 6.07) is 8.86. The van der Waals surface area contributed by atoms with E-state index in [1.165, 1.54) is 16.2 Å². The number of carbonyl (C=O) groups is 2. The van der Waals surface area contributed by atoms with E-state index in [1.807, 2.05) is 30.3 Å². The van der Waals surface area contributed by atoms with Crippen molar-refractivity contribution in [3.63, 3.8) is 0 Å². The molecule has 0 aliphatic heterocycles. The number of hydrogen-bond donors (Lipinski definition) is 2. The summed E-state index contributed by atoms with van der Waals surface area (Å²) in [5.74, 6) is 0.233. The molecule has 1 atom stereocenters. The largest absolute Gasteiger partial charge is 0.462 e. The Morgan fingerprint density at radius 3 is 2.72 bits per heavy atom. The first-order chi connectivity index (χ1) is 12.1. The van der Waals surface area contributed by atoms with Crippen LogP contribution in [-0.4, -0.2) is 18.6 Å². The first kappa shape index (κ1) is 17.5. The molecule has 1 aromatic heterocycles. The summed E-state index contributed by atoms with van der Waals surface area (Å²) in [6.45, 7) is 4.31. The number of para-hydroxylation sites is 1. The van der Waals surface area contributed by atoms with E-state index in [2.05, 4.69) is 17.6 Å². The Hall–Kier alpha value is -2.34. The molecule has 2 N–H and O–H groups in total. The number of rotatable bonds is 4. The van der Waals surface area contributed by atoms with Crippen LogP contribution in [0, 0.1) is 5.92 Å². The maximum absolute atomic E-state index is 12.4. The van der Waals surface area contributed by atoms with E-state index in [0.29, 0.717) is 28.8 Å². The zero-order valence-electron chi connectivity index (χ0n) is 14.4. The van der Waals surface area contributed by atoms with Crippen LogP contribution in [0.3, 0.4) is 0 Å². The third-order valence-corrected chi connectivity index (χ3v) is 5.42. The van der Waals surface area contributed by atoms with Crippen molar-refractivity contribution < 1.29 is 14.3 Å². The SMILES string of the molecule is CCOC(=O)c1c(NC(=O)Nc2ccccc2)sc2c1CCC(C)C2. The second-order valence-electron chi connectivity index (χ2n) is 6.22. The van der Waals surface area contributed by atoms with Crippen molar-refractivity contribution in [2.45, 2.75) is 33.1 Å². The summed E-state index contributed by atoms with van der Waals surface area (Å²) in [5, 5.41) is 6.20. The van der Waals surface area contributed by atoms with Crippen LogP contribution >= 0.6 is 11.3 Å². The van der Waals surface area contributed by atoms with Crippen molar-refractivity contribution in [1.82, 2.24) is 0 Å². The Morgan fingerprint density at radius 1 is 1.24 bits per heavy atom. The molecule has 0 radical (unpaired) electrons. The van der Waals surface area contributed by atoms with Crippen molar-refractivity contribution in [1.29, 1.82) is 0 Å². The molecule has 6 heteroatoms. The Morgan fingerprint density at radius 2 is 2.00 bits per heavy atom. The molecular formula is C19H22N2O3S. The van der Waals surface area contributed by atoms with Crippen molar-refractivity contribution >= 4 is 34.0 Å². The number of anilines is 2. The normalized spacial score (nSPS) is 16.0. The highest BCUT2D eigenvalue weighted by atomic mass is 32.1. The molecule has 0 fully saturated rings. The van der Waals surface area contributed by atoms with E-state index in [4.69, 9.17) is 4.74 Å². The number of hydrogen-bond acceptors (Lipinski definition) is 4. The Labute approximate surface area is 151 Å². The van der Waals surface area contributed by atoms with Gasteiger partial charge in [-0.15, -0.1) is 11.3 Å². The number of nitrogens with one attached hydrogen (secondary N) is 2. The molecule has 0 saturated heterocycles. The average Bonchev–Trinajstić information content (AvgIpc) is 2.92. The minimum atomic E-state index is -0.358. The molecule has 0 saturated carbocycles. The average molecular weight is 358 g/mol. The van der Waals surface area contributed by atoms with E-state index in [9.17, 15) is 9.59 Å². The van der Waals surface area contributed by atoms with Crippen LogP contribution in [0.15, 0.2) is 30.3 Å². The van der Waals surface area contributed by atoms with Crippen LogP contribution in [-0.2, 0) is 17.6 Å². The van der Waals surface area contributed by atoms with Gasteiger partial charge in [0, 0.05) is 10.6 Å². The summed E-state index contributed by atoms with van der Waals surface area (Å²) in [5.41, 5.74) is 2.26. The summed E-state index contributed by atoms with van der Waals surface area (Å²) >= 11 is 1.49. The Bertz CT molecular complexity index is 770. The highest BCUT2D eigenvalue weighted by Gasteiger charge is 2.29. The lowest BCUT2D eigenvalue weighted by Crippen LogP contribution is -2.21. The molecular weight excluding hydrogens is 336 g/mol. The first-order valence-electron chi connectivity index (χ1n) is 8.53. The lowest BCUT2D eigenvalue weighted by atomic mass is 9.88.